The predicted octanol–water partition coefficient (Wildman–Crippen LogP) is 3.02. The summed E-state index contributed by atoms with van der Waals surface area (Å²) in [6.45, 7) is 6.59. The third-order valence-electron chi connectivity index (χ3n) is 3.48. The summed E-state index contributed by atoms with van der Waals surface area (Å²) in [7, 11) is 0. The minimum Gasteiger partial charge on any atom is -0.374 e. The maximum Gasteiger partial charge on any atom is 0.0832 e. The zero-order valence-corrected chi connectivity index (χ0v) is 10.0. The smallest absolute Gasteiger partial charge is 0.0832 e. The van der Waals surface area contributed by atoms with Gasteiger partial charge in [0.25, 0.3) is 0 Å². The second kappa shape index (κ2) is 6.29. The fourth-order valence-electron chi connectivity index (χ4n) is 2.63. The Labute approximate surface area is 93.9 Å². The average Bonchev–Trinajstić information content (AvgIpc) is 2.68. The Morgan fingerprint density at radius 2 is 2.13 bits per heavy atom. The van der Waals surface area contributed by atoms with E-state index in [0.29, 0.717) is 0 Å². The highest BCUT2D eigenvalue weighted by Gasteiger charge is 2.39. The van der Waals surface area contributed by atoms with Gasteiger partial charge in [-0.1, -0.05) is 18.9 Å². The summed E-state index contributed by atoms with van der Waals surface area (Å²) in [5.74, 6) is 0. The van der Waals surface area contributed by atoms with E-state index in [2.05, 4.69) is 13.5 Å². The molecule has 0 bridgehead atoms. The lowest BCUT2D eigenvalue weighted by Crippen LogP contribution is -2.48. The Morgan fingerprint density at radius 1 is 1.47 bits per heavy atom. The van der Waals surface area contributed by atoms with Crippen molar-refractivity contribution in [3.8, 4) is 0 Å². The van der Waals surface area contributed by atoms with Gasteiger partial charge in [-0.25, -0.2) is 0 Å². The van der Waals surface area contributed by atoms with Crippen molar-refractivity contribution in [1.29, 1.82) is 0 Å². The zero-order valence-electron chi connectivity index (χ0n) is 10.0. The third kappa shape index (κ3) is 3.32. The van der Waals surface area contributed by atoms with Crippen molar-refractivity contribution >= 4 is 0 Å². The second-order valence-corrected chi connectivity index (χ2v) is 4.53. The van der Waals surface area contributed by atoms with Gasteiger partial charge in [0, 0.05) is 12.6 Å². The molecule has 2 N–H and O–H groups in total. The molecule has 1 rings (SSSR count). The summed E-state index contributed by atoms with van der Waals surface area (Å²) in [4.78, 5) is 0. The lowest BCUT2D eigenvalue weighted by Gasteiger charge is -2.35. The van der Waals surface area contributed by atoms with E-state index in [0.717, 1.165) is 38.7 Å². The van der Waals surface area contributed by atoms with Gasteiger partial charge in [-0.3, -0.25) is 0 Å². The monoisotopic (exact) mass is 211 g/mol. The molecule has 1 aliphatic rings. The summed E-state index contributed by atoms with van der Waals surface area (Å²) in [6, 6.07) is 0.208. The molecular formula is C13H25NO. The number of hydrogen-bond donors (Lipinski definition) is 1. The molecule has 1 unspecified atom stereocenters. The molecule has 1 saturated carbocycles. The minimum atomic E-state index is -0.00405. The van der Waals surface area contributed by atoms with Crippen LogP contribution in [0.3, 0.4) is 0 Å². The molecule has 0 aromatic heterocycles. The van der Waals surface area contributed by atoms with Crippen LogP contribution < -0.4 is 5.73 Å². The van der Waals surface area contributed by atoms with Crippen LogP contribution in [0.4, 0.5) is 0 Å². The van der Waals surface area contributed by atoms with Crippen LogP contribution in [0.1, 0.15) is 51.9 Å². The molecule has 1 atom stereocenters. The van der Waals surface area contributed by atoms with Crippen molar-refractivity contribution in [2.45, 2.75) is 63.5 Å². The number of nitrogens with two attached hydrogens (primary N) is 1. The SMILES string of the molecule is C=CCCCC(N)C1(OCC)CCCC1. The molecule has 0 amide bonds. The Bertz CT molecular complexity index is 185. The van der Waals surface area contributed by atoms with Crippen LogP contribution in [0.25, 0.3) is 0 Å². The highest BCUT2D eigenvalue weighted by molar-refractivity contribution is 4.95. The summed E-state index contributed by atoms with van der Waals surface area (Å²) in [5.41, 5.74) is 6.28. The highest BCUT2D eigenvalue weighted by atomic mass is 16.5. The summed E-state index contributed by atoms with van der Waals surface area (Å²) >= 11 is 0. The van der Waals surface area contributed by atoms with Crippen molar-refractivity contribution < 1.29 is 4.74 Å². The fraction of sp³-hybridized carbons (Fsp3) is 0.846. The van der Waals surface area contributed by atoms with Crippen LogP contribution in [0.5, 0.6) is 0 Å². The predicted molar refractivity (Wildman–Crippen MR) is 64.8 cm³/mol. The molecule has 0 aromatic carbocycles. The van der Waals surface area contributed by atoms with E-state index in [1.165, 1.54) is 12.8 Å². The largest absolute Gasteiger partial charge is 0.374 e. The molecule has 1 aliphatic carbocycles. The van der Waals surface area contributed by atoms with E-state index in [-0.39, 0.29) is 11.6 Å². The maximum absolute atomic E-state index is 6.28. The van der Waals surface area contributed by atoms with Crippen molar-refractivity contribution in [3.63, 3.8) is 0 Å². The number of ether oxygens (including phenoxy) is 1. The number of rotatable bonds is 7. The molecular weight excluding hydrogens is 186 g/mol. The molecule has 2 nitrogen and oxygen atoms in total. The van der Waals surface area contributed by atoms with Crippen molar-refractivity contribution in [2.24, 2.45) is 5.73 Å². The third-order valence-corrected chi connectivity index (χ3v) is 3.48. The van der Waals surface area contributed by atoms with Crippen LogP contribution in [-0.2, 0) is 4.74 Å². The molecule has 15 heavy (non-hydrogen) atoms. The van der Waals surface area contributed by atoms with Crippen LogP contribution in [0.15, 0.2) is 12.7 Å². The van der Waals surface area contributed by atoms with Gasteiger partial charge in [-0.2, -0.15) is 0 Å². The Balaban J connectivity index is 2.43. The number of hydrogen-bond acceptors (Lipinski definition) is 2. The van der Waals surface area contributed by atoms with Gasteiger partial charge in [-0.05, 0) is 39.0 Å². The first-order chi connectivity index (χ1) is 7.25. The lowest BCUT2D eigenvalue weighted by atomic mass is 9.89. The van der Waals surface area contributed by atoms with Gasteiger partial charge in [0.15, 0.2) is 0 Å². The van der Waals surface area contributed by atoms with Gasteiger partial charge in [-0.15, -0.1) is 6.58 Å². The van der Waals surface area contributed by atoms with E-state index in [1.54, 1.807) is 0 Å². The first-order valence-electron chi connectivity index (χ1n) is 6.25. The molecule has 0 heterocycles. The molecule has 0 radical (unpaired) electrons. The van der Waals surface area contributed by atoms with E-state index < -0.39 is 0 Å². The van der Waals surface area contributed by atoms with E-state index in [9.17, 15) is 0 Å². The van der Waals surface area contributed by atoms with E-state index in [1.807, 2.05) is 6.08 Å². The number of allylic oxidation sites excluding steroid dienone is 1. The first-order valence-corrected chi connectivity index (χ1v) is 6.25. The quantitative estimate of drug-likeness (QED) is 0.519. The second-order valence-electron chi connectivity index (χ2n) is 4.53. The van der Waals surface area contributed by atoms with Crippen LogP contribution in [-0.4, -0.2) is 18.2 Å². The number of unbranched alkanes of at least 4 members (excludes halogenated alkanes) is 1. The van der Waals surface area contributed by atoms with Gasteiger partial charge in [0.1, 0.15) is 0 Å². The van der Waals surface area contributed by atoms with Gasteiger partial charge in [0.2, 0.25) is 0 Å². The average molecular weight is 211 g/mol. The summed E-state index contributed by atoms with van der Waals surface area (Å²) in [5, 5.41) is 0. The molecule has 1 fully saturated rings. The molecule has 0 aromatic rings. The summed E-state index contributed by atoms with van der Waals surface area (Å²) < 4.78 is 5.93. The molecule has 2 heteroatoms. The molecule has 0 aliphatic heterocycles. The van der Waals surface area contributed by atoms with Crippen molar-refractivity contribution in [1.82, 2.24) is 0 Å². The van der Waals surface area contributed by atoms with Gasteiger partial charge >= 0.3 is 0 Å². The molecule has 0 saturated heterocycles. The van der Waals surface area contributed by atoms with Crippen molar-refractivity contribution in [3.05, 3.63) is 12.7 Å². The zero-order chi connectivity index (χ0) is 11.1. The van der Waals surface area contributed by atoms with Crippen LogP contribution in [0, 0.1) is 0 Å². The van der Waals surface area contributed by atoms with Crippen LogP contribution in [0.2, 0.25) is 0 Å². The topological polar surface area (TPSA) is 35.2 Å². The Kier molecular flexibility index (Phi) is 5.34. The molecule has 0 spiro atoms. The Hall–Kier alpha value is -0.340. The summed E-state index contributed by atoms with van der Waals surface area (Å²) in [6.07, 6.45) is 10.1. The van der Waals surface area contributed by atoms with Crippen molar-refractivity contribution in [2.75, 3.05) is 6.61 Å². The molecule has 88 valence electrons. The van der Waals surface area contributed by atoms with E-state index >= 15 is 0 Å². The minimum absolute atomic E-state index is 0.00405. The van der Waals surface area contributed by atoms with Gasteiger partial charge in [0.05, 0.1) is 5.60 Å². The highest BCUT2D eigenvalue weighted by Crippen LogP contribution is 2.36. The first kappa shape index (κ1) is 12.7. The normalized spacial score (nSPS) is 21.5. The lowest BCUT2D eigenvalue weighted by molar-refractivity contribution is -0.0545. The van der Waals surface area contributed by atoms with Gasteiger partial charge < -0.3 is 10.5 Å². The maximum atomic E-state index is 6.28. The van der Waals surface area contributed by atoms with Crippen LogP contribution >= 0.6 is 0 Å². The standard InChI is InChI=1S/C13H25NO/c1-3-5-6-9-12(14)13(15-4-2)10-7-8-11-13/h3,12H,1,4-11,14H2,2H3. The Morgan fingerprint density at radius 3 is 2.67 bits per heavy atom. The van der Waals surface area contributed by atoms with E-state index in [4.69, 9.17) is 10.5 Å². The fourth-order valence-corrected chi connectivity index (χ4v) is 2.63.